The number of sulfonamides is 1. The van der Waals surface area contributed by atoms with E-state index in [-0.39, 0.29) is 6.61 Å². The Hall–Kier alpha value is -1.51. The second kappa shape index (κ2) is 5.01. The number of rotatable bonds is 5. The molecular formula is C8H10N2O5S. The molecule has 0 spiro atoms. The van der Waals surface area contributed by atoms with Gasteiger partial charge in [0.15, 0.2) is 4.90 Å². The molecule has 7 nitrogen and oxygen atoms in total. The van der Waals surface area contributed by atoms with Crippen LogP contribution in [0.1, 0.15) is 6.92 Å². The van der Waals surface area contributed by atoms with Crippen molar-refractivity contribution in [2.45, 2.75) is 11.8 Å². The summed E-state index contributed by atoms with van der Waals surface area (Å²) in [6.45, 7) is 1.71. The van der Waals surface area contributed by atoms with E-state index in [1.807, 2.05) is 0 Å². The third kappa shape index (κ3) is 2.75. The second-order valence-corrected chi connectivity index (χ2v) is 4.36. The molecule has 8 heteroatoms. The predicted octanol–water partition coefficient (Wildman–Crippen LogP) is 0.825. The van der Waals surface area contributed by atoms with Crippen molar-refractivity contribution in [3.05, 3.63) is 34.4 Å². The summed E-state index contributed by atoms with van der Waals surface area (Å²) >= 11 is 0. The summed E-state index contributed by atoms with van der Waals surface area (Å²) in [5.41, 5.74) is -0.491. The molecule has 88 valence electrons. The van der Waals surface area contributed by atoms with Crippen LogP contribution in [0.4, 0.5) is 5.69 Å². The number of benzene rings is 1. The zero-order valence-electron chi connectivity index (χ0n) is 8.41. The van der Waals surface area contributed by atoms with E-state index in [0.29, 0.717) is 0 Å². The van der Waals surface area contributed by atoms with Gasteiger partial charge in [-0.3, -0.25) is 15.0 Å². The van der Waals surface area contributed by atoms with E-state index in [2.05, 4.69) is 4.84 Å². The molecule has 0 saturated heterocycles. The van der Waals surface area contributed by atoms with Crippen LogP contribution in [-0.2, 0) is 14.9 Å². The molecular weight excluding hydrogens is 236 g/mol. The van der Waals surface area contributed by atoms with Crippen molar-refractivity contribution < 1.29 is 18.2 Å². The Bertz CT molecular complexity index is 485. The summed E-state index contributed by atoms with van der Waals surface area (Å²) in [5, 5.41) is 10.6. The first kappa shape index (κ1) is 12.6. The Balaban J connectivity index is 3.17. The molecule has 0 aliphatic carbocycles. The van der Waals surface area contributed by atoms with Crippen LogP contribution in [0.2, 0.25) is 0 Å². The maximum Gasteiger partial charge on any atom is 0.289 e. The van der Waals surface area contributed by atoms with E-state index in [1.165, 1.54) is 12.1 Å². The first-order valence-corrected chi connectivity index (χ1v) is 5.84. The fourth-order valence-electron chi connectivity index (χ4n) is 1.02. The Labute approximate surface area is 92.2 Å². The van der Waals surface area contributed by atoms with Gasteiger partial charge < -0.3 is 0 Å². The van der Waals surface area contributed by atoms with Crippen LogP contribution >= 0.6 is 0 Å². The summed E-state index contributed by atoms with van der Waals surface area (Å²) < 4.78 is 23.2. The Morgan fingerprint density at radius 3 is 2.62 bits per heavy atom. The minimum absolute atomic E-state index is 0.125. The number of nitro benzene ring substituents is 1. The van der Waals surface area contributed by atoms with Crippen LogP contribution in [0.15, 0.2) is 29.2 Å². The quantitative estimate of drug-likeness (QED) is 0.612. The van der Waals surface area contributed by atoms with Crippen molar-refractivity contribution >= 4 is 15.7 Å². The van der Waals surface area contributed by atoms with Gasteiger partial charge in [0.25, 0.3) is 15.7 Å². The molecule has 1 rings (SSSR count). The molecule has 0 amide bonds. The van der Waals surface area contributed by atoms with E-state index >= 15 is 0 Å². The summed E-state index contributed by atoms with van der Waals surface area (Å²) in [6.07, 6.45) is 0. The average Bonchev–Trinajstić information content (AvgIpc) is 2.26. The molecule has 0 aliphatic heterocycles. The van der Waals surface area contributed by atoms with Crippen molar-refractivity contribution in [3.8, 4) is 0 Å². The molecule has 1 N–H and O–H groups in total. The average molecular weight is 246 g/mol. The lowest BCUT2D eigenvalue weighted by Gasteiger charge is -2.05. The fraction of sp³-hybridized carbons (Fsp3) is 0.250. The van der Waals surface area contributed by atoms with Crippen molar-refractivity contribution in [3.63, 3.8) is 0 Å². The zero-order chi connectivity index (χ0) is 12.2. The standard InChI is InChI=1S/C8H10N2O5S/c1-2-15-9-16(13,14)8-6-4-3-5-7(8)10(11)12/h3-6,9H,2H2,1H3. The summed E-state index contributed by atoms with van der Waals surface area (Å²) in [4.78, 5) is 15.7. The monoisotopic (exact) mass is 246 g/mol. The SMILES string of the molecule is CCONS(=O)(=O)c1ccccc1[N+](=O)[O-]. The van der Waals surface area contributed by atoms with E-state index in [1.54, 1.807) is 11.8 Å². The molecule has 0 atom stereocenters. The molecule has 0 bridgehead atoms. The molecule has 0 saturated carbocycles. The van der Waals surface area contributed by atoms with Gasteiger partial charge in [-0.2, -0.15) is 0 Å². The summed E-state index contributed by atoms with van der Waals surface area (Å²) in [5.74, 6) is 0. The lowest BCUT2D eigenvalue weighted by molar-refractivity contribution is -0.387. The molecule has 0 aromatic heterocycles. The van der Waals surface area contributed by atoms with Gasteiger partial charge in [-0.1, -0.05) is 17.0 Å². The number of hydrogen-bond acceptors (Lipinski definition) is 5. The van der Waals surface area contributed by atoms with Gasteiger partial charge in [0.2, 0.25) is 0 Å². The lowest BCUT2D eigenvalue weighted by Crippen LogP contribution is -2.24. The van der Waals surface area contributed by atoms with E-state index < -0.39 is 25.5 Å². The topological polar surface area (TPSA) is 98.5 Å². The maximum absolute atomic E-state index is 11.6. The number of hydrogen-bond donors (Lipinski definition) is 1. The van der Waals surface area contributed by atoms with Crippen LogP contribution in [0.3, 0.4) is 0 Å². The maximum atomic E-state index is 11.6. The third-order valence-electron chi connectivity index (χ3n) is 1.66. The van der Waals surface area contributed by atoms with Gasteiger partial charge in [0.1, 0.15) is 0 Å². The smallest absolute Gasteiger partial charge is 0.287 e. The van der Waals surface area contributed by atoms with Crippen molar-refractivity contribution in [2.24, 2.45) is 0 Å². The highest BCUT2D eigenvalue weighted by Gasteiger charge is 2.24. The van der Waals surface area contributed by atoms with E-state index in [9.17, 15) is 18.5 Å². The molecule has 0 heterocycles. The predicted molar refractivity (Wildman–Crippen MR) is 55.0 cm³/mol. The van der Waals surface area contributed by atoms with Gasteiger partial charge in [-0.15, -0.1) is 0 Å². The minimum atomic E-state index is -4.01. The van der Waals surface area contributed by atoms with Crippen LogP contribution < -0.4 is 4.89 Å². The van der Waals surface area contributed by atoms with Crippen LogP contribution in [-0.4, -0.2) is 19.9 Å². The molecule has 0 unspecified atom stereocenters. The van der Waals surface area contributed by atoms with Crippen LogP contribution in [0.25, 0.3) is 0 Å². The molecule has 0 fully saturated rings. The number of nitrogens with zero attached hydrogens (tertiary/aromatic N) is 1. The van der Waals surface area contributed by atoms with Crippen molar-refractivity contribution in [1.29, 1.82) is 0 Å². The highest BCUT2D eigenvalue weighted by molar-refractivity contribution is 7.89. The Kier molecular flexibility index (Phi) is 3.93. The highest BCUT2D eigenvalue weighted by Crippen LogP contribution is 2.22. The number of nitro groups is 1. The summed E-state index contributed by atoms with van der Waals surface area (Å²) in [7, 11) is -4.01. The number of para-hydroxylation sites is 1. The van der Waals surface area contributed by atoms with E-state index in [0.717, 1.165) is 12.1 Å². The van der Waals surface area contributed by atoms with Gasteiger partial charge in [-0.05, 0) is 13.0 Å². The van der Waals surface area contributed by atoms with Gasteiger partial charge in [0.05, 0.1) is 11.5 Å². The largest absolute Gasteiger partial charge is 0.289 e. The zero-order valence-corrected chi connectivity index (χ0v) is 9.23. The highest BCUT2D eigenvalue weighted by atomic mass is 32.2. The second-order valence-electron chi connectivity index (χ2n) is 2.74. The first-order valence-electron chi connectivity index (χ1n) is 4.36. The van der Waals surface area contributed by atoms with Gasteiger partial charge in [-0.25, -0.2) is 8.42 Å². The molecule has 0 aliphatic rings. The first-order chi connectivity index (χ1) is 7.49. The molecule has 16 heavy (non-hydrogen) atoms. The summed E-state index contributed by atoms with van der Waals surface area (Å²) in [6, 6.07) is 5.03. The van der Waals surface area contributed by atoms with Gasteiger partial charge >= 0.3 is 0 Å². The van der Waals surface area contributed by atoms with Crippen molar-refractivity contribution in [1.82, 2.24) is 4.89 Å². The third-order valence-corrected chi connectivity index (χ3v) is 2.93. The van der Waals surface area contributed by atoms with Gasteiger partial charge in [0, 0.05) is 6.07 Å². The fourth-order valence-corrected chi connectivity index (χ4v) is 2.06. The molecule has 1 aromatic rings. The lowest BCUT2D eigenvalue weighted by atomic mass is 10.3. The number of nitrogens with one attached hydrogen (secondary N) is 1. The van der Waals surface area contributed by atoms with Crippen LogP contribution in [0.5, 0.6) is 0 Å². The minimum Gasteiger partial charge on any atom is -0.287 e. The van der Waals surface area contributed by atoms with Crippen LogP contribution in [0, 0.1) is 10.1 Å². The molecule has 0 radical (unpaired) electrons. The normalized spacial score (nSPS) is 11.3. The van der Waals surface area contributed by atoms with E-state index in [4.69, 9.17) is 0 Å². The van der Waals surface area contributed by atoms with Crippen molar-refractivity contribution in [2.75, 3.05) is 6.61 Å². The molecule has 1 aromatic carbocycles. The Morgan fingerprint density at radius 1 is 1.44 bits per heavy atom. The Morgan fingerprint density at radius 2 is 2.06 bits per heavy atom.